The maximum absolute atomic E-state index is 11.3. The highest BCUT2D eigenvalue weighted by atomic mass is 79.9. The number of alkyl halides is 1. The van der Waals surface area contributed by atoms with Crippen molar-refractivity contribution in [2.75, 3.05) is 11.7 Å². The van der Waals surface area contributed by atoms with Gasteiger partial charge in [-0.15, -0.1) is 0 Å². The van der Waals surface area contributed by atoms with Gasteiger partial charge in [-0.05, 0) is 17.7 Å². The van der Waals surface area contributed by atoms with Crippen LogP contribution in [0, 0.1) is 0 Å². The number of rotatable bonds is 5. The van der Waals surface area contributed by atoms with Crippen LogP contribution in [0.2, 0.25) is 0 Å². The Hall–Kier alpha value is -0.920. The van der Waals surface area contributed by atoms with Crippen LogP contribution < -0.4 is 10.0 Å². The van der Waals surface area contributed by atoms with Crippen LogP contribution in [0.4, 0.5) is 0 Å². The molecule has 0 spiro atoms. The molecule has 0 aromatic heterocycles. The number of halogens is 1. The standard InChI is InChI=1S/C10H13BrN2O3S/c1-12-10(14)9-4-2-8(3-5-9)6-13-17(15,16)7-11/h2-5,13H,6-7H2,1H3,(H,12,14). The largest absolute Gasteiger partial charge is 0.355 e. The number of hydrogen-bond acceptors (Lipinski definition) is 3. The van der Waals surface area contributed by atoms with Gasteiger partial charge in [0.05, 0.1) is 0 Å². The van der Waals surface area contributed by atoms with Gasteiger partial charge in [-0.25, -0.2) is 13.1 Å². The van der Waals surface area contributed by atoms with Crippen molar-refractivity contribution in [2.24, 2.45) is 0 Å². The van der Waals surface area contributed by atoms with Gasteiger partial charge in [-0.1, -0.05) is 28.1 Å². The molecule has 2 N–H and O–H groups in total. The summed E-state index contributed by atoms with van der Waals surface area (Å²) in [5.41, 5.74) is 1.33. The maximum atomic E-state index is 11.3. The van der Waals surface area contributed by atoms with E-state index in [1.54, 1.807) is 31.3 Å². The first-order chi connectivity index (χ1) is 7.98. The first kappa shape index (κ1) is 14.1. The Balaban J connectivity index is 2.66. The van der Waals surface area contributed by atoms with Gasteiger partial charge >= 0.3 is 0 Å². The molecule has 0 unspecified atom stereocenters. The molecule has 0 bridgehead atoms. The minimum atomic E-state index is -3.26. The number of benzene rings is 1. The van der Waals surface area contributed by atoms with Gasteiger partial charge in [0.15, 0.2) is 0 Å². The minimum absolute atomic E-state index is 0.129. The van der Waals surface area contributed by atoms with E-state index in [4.69, 9.17) is 0 Å². The average Bonchev–Trinajstić information content (AvgIpc) is 2.36. The van der Waals surface area contributed by atoms with Crippen molar-refractivity contribution in [3.8, 4) is 0 Å². The lowest BCUT2D eigenvalue weighted by molar-refractivity contribution is 0.0963. The van der Waals surface area contributed by atoms with E-state index in [0.29, 0.717) is 5.56 Å². The zero-order valence-corrected chi connectivity index (χ0v) is 11.6. The number of amides is 1. The second-order valence-corrected chi connectivity index (χ2v) is 6.43. The number of hydrogen-bond donors (Lipinski definition) is 2. The second kappa shape index (κ2) is 6.13. The molecule has 7 heteroatoms. The monoisotopic (exact) mass is 320 g/mol. The highest BCUT2D eigenvalue weighted by Gasteiger charge is 2.07. The zero-order valence-electron chi connectivity index (χ0n) is 9.23. The fourth-order valence-electron chi connectivity index (χ4n) is 1.15. The zero-order chi connectivity index (χ0) is 12.9. The molecule has 17 heavy (non-hydrogen) atoms. The third-order valence-electron chi connectivity index (χ3n) is 2.08. The molecule has 0 aliphatic heterocycles. The Labute approximate surface area is 109 Å². The van der Waals surface area contributed by atoms with Gasteiger partial charge in [0.25, 0.3) is 5.91 Å². The molecule has 0 heterocycles. The van der Waals surface area contributed by atoms with Crippen molar-refractivity contribution in [2.45, 2.75) is 6.54 Å². The van der Waals surface area contributed by atoms with E-state index in [1.165, 1.54) is 0 Å². The van der Waals surface area contributed by atoms with Crippen molar-refractivity contribution in [1.29, 1.82) is 0 Å². The molecule has 0 saturated heterocycles. The van der Waals surface area contributed by atoms with Crippen LogP contribution in [0.15, 0.2) is 24.3 Å². The van der Waals surface area contributed by atoms with E-state index in [-0.39, 0.29) is 17.1 Å². The average molecular weight is 321 g/mol. The first-order valence-electron chi connectivity index (χ1n) is 4.83. The van der Waals surface area contributed by atoms with E-state index in [9.17, 15) is 13.2 Å². The van der Waals surface area contributed by atoms with Gasteiger partial charge in [0, 0.05) is 19.2 Å². The van der Waals surface area contributed by atoms with Crippen molar-refractivity contribution in [1.82, 2.24) is 10.0 Å². The summed E-state index contributed by atoms with van der Waals surface area (Å²) in [5.74, 6) is -0.169. The normalized spacial score (nSPS) is 11.2. The van der Waals surface area contributed by atoms with Crippen LogP contribution in [-0.4, -0.2) is 26.0 Å². The molecule has 5 nitrogen and oxygen atoms in total. The van der Waals surface area contributed by atoms with E-state index >= 15 is 0 Å². The van der Waals surface area contributed by atoms with Gasteiger partial charge in [-0.3, -0.25) is 4.79 Å². The lowest BCUT2D eigenvalue weighted by Gasteiger charge is -2.05. The molecule has 1 aromatic carbocycles. The summed E-state index contributed by atoms with van der Waals surface area (Å²) in [4.78, 5) is 11.3. The summed E-state index contributed by atoms with van der Waals surface area (Å²) < 4.78 is 24.6. The van der Waals surface area contributed by atoms with Gasteiger partial charge in [0.1, 0.15) is 4.66 Å². The molecular formula is C10H13BrN2O3S. The summed E-state index contributed by atoms with van der Waals surface area (Å²) in [6, 6.07) is 6.72. The summed E-state index contributed by atoms with van der Waals surface area (Å²) in [7, 11) is -1.71. The minimum Gasteiger partial charge on any atom is -0.355 e. The van der Waals surface area contributed by atoms with E-state index < -0.39 is 10.0 Å². The molecule has 0 saturated carbocycles. The van der Waals surface area contributed by atoms with Crippen LogP contribution in [0.5, 0.6) is 0 Å². The van der Waals surface area contributed by atoms with Crippen molar-refractivity contribution in [3.05, 3.63) is 35.4 Å². The summed E-state index contributed by atoms with van der Waals surface area (Å²) in [6.45, 7) is 0.210. The second-order valence-electron chi connectivity index (χ2n) is 3.32. The van der Waals surface area contributed by atoms with E-state index in [0.717, 1.165) is 5.56 Å². The topological polar surface area (TPSA) is 75.3 Å². The molecular weight excluding hydrogens is 308 g/mol. The Kier molecular flexibility index (Phi) is 5.10. The highest BCUT2D eigenvalue weighted by Crippen LogP contribution is 2.05. The molecule has 0 aliphatic rings. The van der Waals surface area contributed by atoms with Crippen LogP contribution in [0.3, 0.4) is 0 Å². The molecule has 0 aliphatic carbocycles. The van der Waals surface area contributed by atoms with Crippen LogP contribution in [0.25, 0.3) is 0 Å². The lowest BCUT2D eigenvalue weighted by atomic mass is 10.1. The first-order valence-corrected chi connectivity index (χ1v) is 7.60. The number of carbonyl (C=O) groups excluding carboxylic acids is 1. The summed E-state index contributed by atoms with van der Waals surface area (Å²) >= 11 is 2.88. The van der Waals surface area contributed by atoms with Crippen LogP contribution in [-0.2, 0) is 16.6 Å². The third-order valence-corrected chi connectivity index (χ3v) is 4.76. The highest BCUT2D eigenvalue weighted by molar-refractivity contribution is 9.10. The van der Waals surface area contributed by atoms with E-state index in [1.807, 2.05) is 0 Å². The molecule has 1 aromatic rings. The lowest BCUT2D eigenvalue weighted by Crippen LogP contribution is -2.23. The van der Waals surface area contributed by atoms with Gasteiger partial charge in [0.2, 0.25) is 10.0 Å². The van der Waals surface area contributed by atoms with Crippen molar-refractivity contribution >= 4 is 31.9 Å². The van der Waals surface area contributed by atoms with Gasteiger partial charge in [-0.2, -0.15) is 0 Å². The molecule has 0 atom stereocenters. The smallest absolute Gasteiger partial charge is 0.251 e. The predicted octanol–water partition coefficient (Wildman–Crippen LogP) is 0.818. The van der Waals surface area contributed by atoms with Crippen LogP contribution in [0.1, 0.15) is 15.9 Å². The molecule has 1 rings (SSSR count). The summed E-state index contributed by atoms with van der Waals surface area (Å²) in [6.07, 6.45) is 0. The number of carbonyl (C=O) groups is 1. The maximum Gasteiger partial charge on any atom is 0.251 e. The molecule has 1 amide bonds. The number of sulfonamides is 1. The molecule has 0 radical (unpaired) electrons. The molecule has 94 valence electrons. The van der Waals surface area contributed by atoms with E-state index in [2.05, 4.69) is 26.0 Å². The summed E-state index contributed by atoms with van der Waals surface area (Å²) in [5, 5.41) is 2.51. The van der Waals surface area contributed by atoms with Gasteiger partial charge < -0.3 is 5.32 Å². The number of nitrogens with one attached hydrogen (secondary N) is 2. The fourth-order valence-corrected chi connectivity index (χ4v) is 2.10. The Morgan fingerprint density at radius 3 is 2.35 bits per heavy atom. The SMILES string of the molecule is CNC(=O)c1ccc(CNS(=O)(=O)CBr)cc1. The Morgan fingerprint density at radius 2 is 1.88 bits per heavy atom. The Morgan fingerprint density at radius 1 is 1.29 bits per heavy atom. The molecule has 0 fully saturated rings. The van der Waals surface area contributed by atoms with Crippen LogP contribution >= 0.6 is 15.9 Å². The predicted molar refractivity (Wildman–Crippen MR) is 69.4 cm³/mol. The third kappa shape index (κ3) is 4.45. The Bertz CT molecular complexity index is 485. The fraction of sp³-hybridized carbons (Fsp3) is 0.300. The van der Waals surface area contributed by atoms with Crippen molar-refractivity contribution in [3.63, 3.8) is 0 Å². The van der Waals surface area contributed by atoms with Crippen molar-refractivity contribution < 1.29 is 13.2 Å². The quantitative estimate of drug-likeness (QED) is 0.789.